The van der Waals surface area contributed by atoms with E-state index < -0.39 is 63.1 Å². The molecule has 10 heteroatoms. The Morgan fingerprint density at radius 3 is 2.04 bits per heavy atom. The van der Waals surface area contributed by atoms with Gasteiger partial charge in [0.05, 0.1) is 43.0 Å². The van der Waals surface area contributed by atoms with Gasteiger partial charge in [0.25, 0.3) is 8.32 Å². The van der Waals surface area contributed by atoms with Crippen molar-refractivity contribution in [2.24, 2.45) is 5.41 Å². The molecule has 0 amide bonds. The number of carbonyl (C=O) groups excluding carboxylic acids is 1. The summed E-state index contributed by atoms with van der Waals surface area (Å²) in [7, 11) is -3.07. The molecule has 3 heterocycles. The first-order chi connectivity index (χ1) is 21.8. The van der Waals surface area contributed by atoms with Gasteiger partial charge < -0.3 is 38.7 Å². The summed E-state index contributed by atoms with van der Waals surface area (Å²) in [5, 5.41) is 34.0. The molecule has 9 nitrogen and oxygen atoms in total. The standard InChI is InChI=1S/C36H52O9Si/c1-35(2,3)34(40)41-20-19-24-17-18-27-30(42-24)29(39)32-33(43-27)31(28(44-32)21-23(38)22-37)45-46(36(4,5)6,25-13-9-7-10-14-25)26-15-11-8-12-16-26/h7-16,23-24,27-33,37-39H,17-22H2,1-6H3/t23-,24-,27+,28-,29+,30+,31+,32+,33+/m1/s1. The maximum absolute atomic E-state index is 12.2. The van der Waals surface area contributed by atoms with Gasteiger partial charge in [-0.1, -0.05) is 81.4 Å². The van der Waals surface area contributed by atoms with E-state index in [1.165, 1.54) is 0 Å². The summed E-state index contributed by atoms with van der Waals surface area (Å²) in [6.07, 6.45) is -3.81. The lowest BCUT2D eigenvalue weighted by Crippen LogP contribution is -2.70. The predicted octanol–water partition coefficient (Wildman–Crippen LogP) is 3.10. The summed E-state index contributed by atoms with van der Waals surface area (Å²) in [4.78, 5) is 12.2. The summed E-state index contributed by atoms with van der Waals surface area (Å²) < 4.78 is 32.7. The molecule has 3 saturated heterocycles. The van der Waals surface area contributed by atoms with Crippen LogP contribution in [0.4, 0.5) is 0 Å². The second kappa shape index (κ2) is 14.1. The smallest absolute Gasteiger partial charge is 0.311 e. The number of esters is 1. The molecule has 3 aliphatic rings. The van der Waals surface area contributed by atoms with E-state index in [1.807, 2.05) is 57.2 Å². The van der Waals surface area contributed by atoms with E-state index in [4.69, 9.17) is 23.4 Å². The first-order valence-corrected chi connectivity index (χ1v) is 18.6. The largest absolute Gasteiger partial charge is 0.465 e. The lowest BCUT2D eigenvalue weighted by molar-refractivity contribution is -0.259. The minimum absolute atomic E-state index is 0.125. The van der Waals surface area contributed by atoms with Crippen LogP contribution in [0, 0.1) is 5.41 Å². The van der Waals surface area contributed by atoms with Crippen LogP contribution in [0.2, 0.25) is 5.04 Å². The Morgan fingerprint density at radius 1 is 0.891 bits per heavy atom. The van der Waals surface area contributed by atoms with E-state index in [0.29, 0.717) is 19.3 Å². The summed E-state index contributed by atoms with van der Waals surface area (Å²) in [6, 6.07) is 20.6. The topological polar surface area (TPSA) is 124 Å². The number of hydrogen-bond donors (Lipinski definition) is 3. The minimum atomic E-state index is -3.07. The number of ether oxygens (including phenoxy) is 4. The van der Waals surface area contributed by atoms with E-state index in [0.717, 1.165) is 10.4 Å². The van der Waals surface area contributed by atoms with E-state index in [-0.39, 0.29) is 36.2 Å². The third-order valence-electron chi connectivity index (χ3n) is 9.57. The highest BCUT2D eigenvalue weighted by atomic mass is 28.4. The van der Waals surface area contributed by atoms with Crippen LogP contribution in [-0.4, -0.2) is 97.8 Å². The lowest BCUT2D eigenvalue weighted by atomic mass is 9.88. The van der Waals surface area contributed by atoms with Crippen LogP contribution < -0.4 is 10.4 Å². The Balaban J connectivity index is 1.43. The van der Waals surface area contributed by atoms with Gasteiger partial charge in [-0.2, -0.15) is 0 Å². The fourth-order valence-electron chi connectivity index (χ4n) is 7.19. The zero-order valence-corrected chi connectivity index (χ0v) is 29.0. The van der Waals surface area contributed by atoms with Crippen LogP contribution >= 0.6 is 0 Å². The molecule has 0 aromatic heterocycles. The number of rotatable bonds is 10. The summed E-state index contributed by atoms with van der Waals surface area (Å²) in [5.74, 6) is -0.257. The van der Waals surface area contributed by atoms with Gasteiger partial charge in [-0.3, -0.25) is 4.79 Å². The van der Waals surface area contributed by atoms with Gasteiger partial charge in [0.1, 0.15) is 30.5 Å². The van der Waals surface area contributed by atoms with Gasteiger partial charge in [-0.25, -0.2) is 0 Å². The average Bonchev–Trinajstić information content (AvgIpc) is 3.36. The molecule has 0 unspecified atom stereocenters. The highest BCUT2D eigenvalue weighted by Crippen LogP contribution is 2.45. The quantitative estimate of drug-likeness (QED) is 0.262. The number of benzene rings is 2. The maximum atomic E-state index is 12.2. The zero-order valence-electron chi connectivity index (χ0n) is 28.0. The second-order valence-corrected chi connectivity index (χ2v) is 19.3. The van der Waals surface area contributed by atoms with E-state index >= 15 is 0 Å². The van der Waals surface area contributed by atoms with Crippen molar-refractivity contribution in [3.63, 3.8) is 0 Å². The fraction of sp³-hybridized carbons (Fsp3) is 0.639. The first kappa shape index (κ1) is 35.2. The molecule has 0 spiro atoms. The summed E-state index contributed by atoms with van der Waals surface area (Å²) in [5.41, 5.74) is -0.575. The van der Waals surface area contributed by atoms with Crippen molar-refractivity contribution in [1.82, 2.24) is 0 Å². The van der Waals surface area contributed by atoms with Crippen molar-refractivity contribution < 1.29 is 43.5 Å². The normalized spacial score (nSPS) is 30.7. The first-order valence-electron chi connectivity index (χ1n) is 16.7. The van der Waals surface area contributed by atoms with Crippen molar-refractivity contribution in [1.29, 1.82) is 0 Å². The van der Waals surface area contributed by atoms with Gasteiger partial charge in [0, 0.05) is 12.8 Å². The average molecular weight is 657 g/mol. The molecule has 3 N–H and O–H groups in total. The van der Waals surface area contributed by atoms with Crippen LogP contribution in [0.25, 0.3) is 0 Å². The molecule has 2 aromatic rings. The molecule has 0 saturated carbocycles. The molecule has 9 atom stereocenters. The van der Waals surface area contributed by atoms with Gasteiger partial charge >= 0.3 is 5.97 Å². The molecule has 254 valence electrons. The molecular weight excluding hydrogens is 604 g/mol. The monoisotopic (exact) mass is 656 g/mol. The van der Waals surface area contributed by atoms with Crippen molar-refractivity contribution in [2.75, 3.05) is 13.2 Å². The van der Waals surface area contributed by atoms with Gasteiger partial charge in [0.15, 0.2) is 0 Å². The molecule has 2 aromatic carbocycles. The molecule has 46 heavy (non-hydrogen) atoms. The van der Waals surface area contributed by atoms with Crippen molar-refractivity contribution in [3.05, 3.63) is 60.7 Å². The van der Waals surface area contributed by atoms with Crippen molar-refractivity contribution >= 4 is 24.7 Å². The minimum Gasteiger partial charge on any atom is -0.465 e. The molecule has 3 fully saturated rings. The number of aliphatic hydroxyl groups excluding tert-OH is 3. The van der Waals surface area contributed by atoms with Crippen LogP contribution in [0.1, 0.15) is 67.2 Å². The highest BCUT2D eigenvalue weighted by molar-refractivity contribution is 6.99. The molecule has 5 rings (SSSR count). The van der Waals surface area contributed by atoms with E-state index in [9.17, 15) is 20.1 Å². The molecule has 3 aliphatic heterocycles. The number of aliphatic hydroxyl groups is 3. The van der Waals surface area contributed by atoms with Gasteiger partial charge in [-0.15, -0.1) is 0 Å². The van der Waals surface area contributed by atoms with E-state index in [2.05, 4.69) is 45.0 Å². The van der Waals surface area contributed by atoms with Crippen molar-refractivity contribution in [2.45, 2.75) is 127 Å². The van der Waals surface area contributed by atoms with Crippen LogP contribution in [0.3, 0.4) is 0 Å². The highest BCUT2D eigenvalue weighted by Gasteiger charge is 2.61. The Kier molecular flexibility index (Phi) is 10.8. The zero-order chi connectivity index (χ0) is 33.3. The number of fused-ring (bicyclic) bond motifs is 2. The molecular formula is C36H52O9Si. The summed E-state index contributed by atoms with van der Waals surface area (Å²) >= 11 is 0. The van der Waals surface area contributed by atoms with Crippen LogP contribution in [0.5, 0.6) is 0 Å². The van der Waals surface area contributed by atoms with Crippen LogP contribution in [0.15, 0.2) is 60.7 Å². The number of hydrogen-bond acceptors (Lipinski definition) is 9. The van der Waals surface area contributed by atoms with E-state index in [1.54, 1.807) is 0 Å². The van der Waals surface area contributed by atoms with Gasteiger partial charge in [0.2, 0.25) is 0 Å². The third kappa shape index (κ3) is 7.15. The summed E-state index contributed by atoms with van der Waals surface area (Å²) in [6.45, 7) is 11.9. The Labute approximate surface area is 274 Å². The Hall–Kier alpha value is -2.15. The Morgan fingerprint density at radius 2 is 1.50 bits per heavy atom. The number of carbonyl (C=O) groups is 1. The maximum Gasteiger partial charge on any atom is 0.311 e. The van der Waals surface area contributed by atoms with Crippen molar-refractivity contribution in [3.8, 4) is 0 Å². The SMILES string of the molecule is CC(C)(C)C(=O)OCC[C@H]1CC[C@@H]2O[C@H]3[C@@H](O[Si](c4ccccc4)(c4ccccc4)C(C)(C)C)[C@@H](C[C@@H](O)CO)O[C@H]3[C@@H](O)[C@H]2O1. The lowest BCUT2D eigenvalue weighted by Gasteiger charge is -2.49. The molecule has 0 radical (unpaired) electrons. The van der Waals surface area contributed by atoms with Crippen LogP contribution in [-0.2, 0) is 28.2 Å². The second-order valence-electron chi connectivity index (χ2n) is 15.1. The van der Waals surface area contributed by atoms with Gasteiger partial charge in [-0.05, 0) is 49.0 Å². The predicted molar refractivity (Wildman–Crippen MR) is 176 cm³/mol. The molecule has 0 bridgehead atoms. The third-order valence-corrected chi connectivity index (χ3v) is 14.6. The molecule has 0 aliphatic carbocycles. The fourth-order valence-corrected chi connectivity index (χ4v) is 11.9. The Bertz CT molecular complexity index is 1240.